The molecule has 0 saturated carbocycles. The van der Waals surface area contributed by atoms with Gasteiger partial charge in [-0.2, -0.15) is 4.98 Å². The number of nitrogen functional groups attached to an aromatic ring is 1. The molecule has 112 valence electrons. The summed E-state index contributed by atoms with van der Waals surface area (Å²) in [6.07, 6.45) is 3.16. The van der Waals surface area contributed by atoms with Gasteiger partial charge in [-0.25, -0.2) is 4.98 Å². The van der Waals surface area contributed by atoms with Gasteiger partial charge in [0.25, 0.3) is 5.56 Å². The van der Waals surface area contributed by atoms with E-state index in [-0.39, 0.29) is 23.8 Å². The minimum Gasteiger partial charge on any atom is -0.370 e. The van der Waals surface area contributed by atoms with Crippen LogP contribution in [0.25, 0.3) is 11.2 Å². The number of hydrogen-bond donors (Lipinski definition) is 2. The first-order valence-corrected chi connectivity index (χ1v) is 7.25. The molecule has 0 amide bonds. The topological polar surface area (TPSA) is 108 Å². The Balaban J connectivity index is 1.83. The number of H-pyrrole nitrogens is 1. The molecule has 4 heterocycles. The molecule has 2 fully saturated rings. The molecule has 0 aliphatic carbocycles. The van der Waals surface area contributed by atoms with Crippen molar-refractivity contribution < 1.29 is 9.47 Å². The van der Waals surface area contributed by atoms with Crippen LogP contribution in [0.2, 0.25) is 0 Å². The molecule has 0 radical (unpaired) electrons. The standard InChI is InChI=1S/C13H17N5O3/c14-13-17-11-9(12(19)18(13)8-4-2-6-21-8)15-10(16-11)7-3-1-5-20-7/h7-8H,1-6H2,(H2,14,17)(H,15,16). The SMILES string of the molecule is Nc1nc2nc(C3CCCO3)[nH]c2c(=O)n1C1CCCO1. The van der Waals surface area contributed by atoms with E-state index >= 15 is 0 Å². The summed E-state index contributed by atoms with van der Waals surface area (Å²) in [5.74, 6) is 0.793. The normalized spacial score (nSPS) is 25.9. The molecule has 2 unspecified atom stereocenters. The van der Waals surface area contributed by atoms with Gasteiger partial charge in [0.15, 0.2) is 11.2 Å². The Bertz CT molecular complexity index is 725. The van der Waals surface area contributed by atoms with Gasteiger partial charge in [-0.05, 0) is 25.7 Å². The van der Waals surface area contributed by atoms with Crippen LogP contribution in [0, 0.1) is 0 Å². The van der Waals surface area contributed by atoms with Crippen LogP contribution < -0.4 is 11.3 Å². The number of ether oxygens (including phenoxy) is 2. The molecule has 2 aromatic heterocycles. The van der Waals surface area contributed by atoms with Crippen LogP contribution in [0.15, 0.2) is 4.79 Å². The van der Waals surface area contributed by atoms with E-state index in [4.69, 9.17) is 15.2 Å². The number of rotatable bonds is 2. The highest BCUT2D eigenvalue weighted by atomic mass is 16.5. The number of imidazole rings is 1. The molecule has 4 rings (SSSR count). The third-order valence-corrected chi connectivity index (χ3v) is 4.03. The third kappa shape index (κ3) is 2.02. The summed E-state index contributed by atoms with van der Waals surface area (Å²) in [5, 5.41) is 0. The predicted molar refractivity (Wildman–Crippen MR) is 74.7 cm³/mol. The molecule has 0 bridgehead atoms. The lowest BCUT2D eigenvalue weighted by Crippen LogP contribution is -2.28. The summed E-state index contributed by atoms with van der Waals surface area (Å²) in [4.78, 5) is 24.3. The van der Waals surface area contributed by atoms with Crippen molar-refractivity contribution in [3.05, 3.63) is 16.2 Å². The fraction of sp³-hybridized carbons (Fsp3) is 0.615. The van der Waals surface area contributed by atoms with E-state index in [9.17, 15) is 4.79 Å². The second-order valence-electron chi connectivity index (χ2n) is 5.44. The number of aromatic nitrogens is 4. The summed E-state index contributed by atoms with van der Waals surface area (Å²) in [6, 6.07) is 0. The number of fused-ring (bicyclic) bond motifs is 1. The van der Waals surface area contributed by atoms with Gasteiger partial charge in [0.1, 0.15) is 18.2 Å². The number of aromatic amines is 1. The van der Waals surface area contributed by atoms with E-state index < -0.39 is 0 Å². The first-order chi connectivity index (χ1) is 10.2. The second kappa shape index (κ2) is 4.81. The van der Waals surface area contributed by atoms with E-state index in [2.05, 4.69) is 15.0 Å². The molecule has 2 aliphatic rings. The van der Waals surface area contributed by atoms with Crippen molar-refractivity contribution in [3.63, 3.8) is 0 Å². The molecule has 8 heteroatoms. The molecule has 21 heavy (non-hydrogen) atoms. The smallest absolute Gasteiger partial charge is 0.283 e. The number of nitrogens with one attached hydrogen (secondary N) is 1. The quantitative estimate of drug-likeness (QED) is 0.849. The fourth-order valence-corrected chi connectivity index (χ4v) is 2.99. The summed E-state index contributed by atoms with van der Waals surface area (Å²) in [7, 11) is 0. The van der Waals surface area contributed by atoms with E-state index in [1.165, 1.54) is 4.57 Å². The Kier molecular flexibility index (Phi) is 2.93. The van der Waals surface area contributed by atoms with Crippen LogP contribution in [0.3, 0.4) is 0 Å². The number of hydrogen-bond acceptors (Lipinski definition) is 6. The van der Waals surface area contributed by atoms with Crippen LogP contribution in [-0.4, -0.2) is 32.7 Å². The van der Waals surface area contributed by atoms with Gasteiger partial charge in [-0.3, -0.25) is 9.36 Å². The second-order valence-corrected chi connectivity index (χ2v) is 5.44. The summed E-state index contributed by atoms with van der Waals surface area (Å²) in [6.45, 7) is 1.36. The summed E-state index contributed by atoms with van der Waals surface area (Å²) in [5.41, 5.74) is 6.39. The minimum absolute atomic E-state index is 0.0870. The molecule has 0 aromatic carbocycles. The molecule has 2 saturated heterocycles. The van der Waals surface area contributed by atoms with Crippen molar-refractivity contribution in [2.24, 2.45) is 0 Å². The molecule has 0 spiro atoms. The van der Waals surface area contributed by atoms with E-state index in [0.29, 0.717) is 23.6 Å². The van der Waals surface area contributed by atoms with Gasteiger partial charge in [0, 0.05) is 13.2 Å². The zero-order valence-corrected chi connectivity index (χ0v) is 11.5. The largest absolute Gasteiger partial charge is 0.370 e. The average molecular weight is 291 g/mol. The highest BCUT2D eigenvalue weighted by molar-refractivity contribution is 5.70. The number of nitrogens with two attached hydrogens (primary N) is 1. The maximum absolute atomic E-state index is 12.6. The Hall–Kier alpha value is -1.93. The van der Waals surface area contributed by atoms with Gasteiger partial charge in [0.05, 0.1) is 0 Å². The van der Waals surface area contributed by atoms with E-state index in [0.717, 1.165) is 32.3 Å². The lowest BCUT2D eigenvalue weighted by Gasteiger charge is -2.14. The Morgan fingerprint density at radius 1 is 1.19 bits per heavy atom. The monoisotopic (exact) mass is 291 g/mol. The number of anilines is 1. The zero-order valence-electron chi connectivity index (χ0n) is 11.5. The lowest BCUT2D eigenvalue weighted by atomic mass is 10.2. The van der Waals surface area contributed by atoms with E-state index in [1.807, 2.05) is 0 Å². The maximum Gasteiger partial charge on any atom is 0.283 e. The molecule has 2 atom stereocenters. The van der Waals surface area contributed by atoms with Crippen molar-refractivity contribution in [1.29, 1.82) is 0 Å². The van der Waals surface area contributed by atoms with Crippen molar-refractivity contribution in [3.8, 4) is 0 Å². The molecule has 3 N–H and O–H groups in total. The van der Waals surface area contributed by atoms with Crippen LogP contribution in [0.5, 0.6) is 0 Å². The molecular weight excluding hydrogens is 274 g/mol. The number of nitrogens with zero attached hydrogens (tertiary/aromatic N) is 3. The van der Waals surface area contributed by atoms with Crippen LogP contribution in [0.4, 0.5) is 5.95 Å². The van der Waals surface area contributed by atoms with Gasteiger partial charge in [-0.1, -0.05) is 0 Å². The van der Waals surface area contributed by atoms with Gasteiger partial charge in [-0.15, -0.1) is 0 Å². The molecular formula is C13H17N5O3. The first kappa shape index (κ1) is 12.8. The van der Waals surface area contributed by atoms with Crippen molar-refractivity contribution in [2.75, 3.05) is 18.9 Å². The van der Waals surface area contributed by atoms with Crippen molar-refractivity contribution in [2.45, 2.75) is 38.0 Å². The van der Waals surface area contributed by atoms with Crippen LogP contribution in [-0.2, 0) is 9.47 Å². The molecule has 2 aromatic rings. The first-order valence-electron chi connectivity index (χ1n) is 7.25. The van der Waals surface area contributed by atoms with E-state index in [1.54, 1.807) is 0 Å². The minimum atomic E-state index is -0.330. The lowest BCUT2D eigenvalue weighted by molar-refractivity contribution is 0.0553. The average Bonchev–Trinajstić information content (AvgIpc) is 3.19. The molecule has 2 aliphatic heterocycles. The summed E-state index contributed by atoms with van der Waals surface area (Å²) < 4.78 is 12.5. The highest BCUT2D eigenvalue weighted by Crippen LogP contribution is 2.28. The fourth-order valence-electron chi connectivity index (χ4n) is 2.99. The predicted octanol–water partition coefficient (Wildman–Crippen LogP) is 0.862. The zero-order chi connectivity index (χ0) is 14.4. The van der Waals surface area contributed by atoms with Gasteiger partial charge in [0.2, 0.25) is 5.95 Å². The summed E-state index contributed by atoms with van der Waals surface area (Å²) >= 11 is 0. The van der Waals surface area contributed by atoms with Crippen molar-refractivity contribution in [1.82, 2.24) is 19.5 Å². The third-order valence-electron chi connectivity index (χ3n) is 4.03. The highest BCUT2D eigenvalue weighted by Gasteiger charge is 2.26. The van der Waals surface area contributed by atoms with Crippen LogP contribution in [0.1, 0.15) is 43.8 Å². The Labute approximate surface area is 120 Å². The van der Waals surface area contributed by atoms with Gasteiger partial charge >= 0.3 is 0 Å². The maximum atomic E-state index is 12.6. The van der Waals surface area contributed by atoms with Crippen LogP contribution >= 0.6 is 0 Å². The molecule has 8 nitrogen and oxygen atoms in total. The van der Waals surface area contributed by atoms with Crippen molar-refractivity contribution >= 4 is 17.1 Å². The Morgan fingerprint density at radius 2 is 2.00 bits per heavy atom. The Morgan fingerprint density at radius 3 is 2.71 bits per heavy atom. The van der Waals surface area contributed by atoms with Gasteiger partial charge < -0.3 is 20.2 Å².